The average Bonchev–Trinajstić information content (AvgIpc) is 2.40. The lowest BCUT2D eigenvalue weighted by Crippen LogP contribution is -2.45. The Hall–Kier alpha value is -1.46. The Morgan fingerprint density at radius 1 is 1.20 bits per heavy atom. The fourth-order valence-electron chi connectivity index (χ4n) is 2.51. The summed E-state index contributed by atoms with van der Waals surface area (Å²) in [4.78, 5) is 12.0. The van der Waals surface area contributed by atoms with E-state index in [9.17, 15) is 18.0 Å². The van der Waals surface area contributed by atoms with Gasteiger partial charge in [0.2, 0.25) is 0 Å². The highest BCUT2D eigenvalue weighted by Gasteiger charge is 2.43. The maximum atomic E-state index is 12.3. The SMILES string of the molecule is [B]c1ccc(CC2CCN(C(=O)C(F)(F)F)CC2)cc1. The lowest BCUT2D eigenvalue weighted by molar-refractivity contribution is -0.186. The number of benzene rings is 1. The van der Waals surface area contributed by atoms with Gasteiger partial charge >= 0.3 is 12.1 Å². The van der Waals surface area contributed by atoms with Gasteiger partial charge in [0.25, 0.3) is 0 Å². The molecule has 0 aromatic heterocycles. The van der Waals surface area contributed by atoms with Gasteiger partial charge in [0.15, 0.2) is 0 Å². The molecular weight excluding hydrogens is 266 g/mol. The van der Waals surface area contributed by atoms with Crippen LogP contribution >= 0.6 is 0 Å². The molecule has 0 aliphatic carbocycles. The van der Waals surface area contributed by atoms with Crippen LogP contribution in [-0.4, -0.2) is 37.9 Å². The quantitative estimate of drug-likeness (QED) is 0.757. The van der Waals surface area contributed by atoms with Crippen molar-refractivity contribution in [2.45, 2.75) is 25.4 Å². The summed E-state index contributed by atoms with van der Waals surface area (Å²) in [6, 6.07) is 7.50. The fourth-order valence-corrected chi connectivity index (χ4v) is 2.51. The van der Waals surface area contributed by atoms with Crippen LogP contribution in [-0.2, 0) is 11.2 Å². The molecule has 106 valence electrons. The van der Waals surface area contributed by atoms with E-state index < -0.39 is 12.1 Å². The van der Waals surface area contributed by atoms with Gasteiger partial charge in [-0.2, -0.15) is 13.2 Å². The van der Waals surface area contributed by atoms with E-state index in [2.05, 4.69) is 0 Å². The second-order valence-corrected chi connectivity index (χ2v) is 5.18. The Bertz CT molecular complexity index is 464. The maximum absolute atomic E-state index is 12.3. The molecule has 0 bridgehead atoms. The molecule has 1 aliphatic rings. The van der Waals surface area contributed by atoms with Crippen LogP contribution in [0.15, 0.2) is 24.3 Å². The summed E-state index contributed by atoms with van der Waals surface area (Å²) >= 11 is 0. The zero-order valence-corrected chi connectivity index (χ0v) is 11.0. The number of nitrogens with zero attached hydrogens (tertiary/aromatic N) is 1. The summed E-state index contributed by atoms with van der Waals surface area (Å²) in [5.74, 6) is -1.40. The van der Waals surface area contributed by atoms with E-state index in [1.807, 2.05) is 24.3 Å². The van der Waals surface area contributed by atoms with Crippen LogP contribution in [0, 0.1) is 5.92 Å². The number of halogens is 3. The largest absolute Gasteiger partial charge is 0.471 e. The molecule has 1 saturated heterocycles. The molecule has 0 saturated carbocycles. The van der Waals surface area contributed by atoms with E-state index in [0.717, 1.165) is 16.9 Å². The number of hydrogen-bond donors (Lipinski definition) is 0. The number of amides is 1. The molecule has 1 aromatic rings. The highest BCUT2D eigenvalue weighted by molar-refractivity contribution is 6.32. The van der Waals surface area contributed by atoms with Crippen LogP contribution in [0.5, 0.6) is 0 Å². The van der Waals surface area contributed by atoms with Crippen molar-refractivity contribution < 1.29 is 18.0 Å². The zero-order valence-electron chi connectivity index (χ0n) is 11.0. The van der Waals surface area contributed by atoms with Gasteiger partial charge in [-0.25, -0.2) is 0 Å². The van der Waals surface area contributed by atoms with Gasteiger partial charge in [0.05, 0.1) is 0 Å². The highest BCUT2D eigenvalue weighted by Crippen LogP contribution is 2.25. The second kappa shape index (κ2) is 5.89. The van der Waals surface area contributed by atoms with Crippen molar-refractivity contribution in [2.75, 3.05) is 13.1 Å². The predicted octanol–water partition coefficient (Wildman–Crippen LogP) is 1.82. The first-order valence-electron chi connectivity index (χ1n) is 6.57. The smallest absolute Gasteiger partial charge is 0.335 e. The van der Waals surface area contributed by atoms with Crippen LogP contribution in [0.3, 0.4) is 0 Å². The molecule has 1 fully saturated rings. The molecule has 0 N–H and O–H groups in total. The summed E-state index contributed by atoms with van der Waals surface area (Å²) < 4.78 is 36.9. The van der Waals surface area contributed by atoms with E-state index in [0.29, 0.717) is 24.2 Å². The van der Waals surface area contributed by atoms with Crippen LogP contribution in [0.4, 0.5) is 13.2 Å². The monoisotopic (exact) mass is 281 g/mol. The van der Waals surface area contributed by atoms with Crippen molar-refractivity contribution in [3.8, 4) is 0 Å². The van der Waals surface area contributed by atoms with Gasteiger partial charge in [0, 0.05) is 13.1 Å². The van der Waals surface area contributed by atoms with E-state index in [1.165, 1.54) is 0 Å². The minimum Gasteiger partial charge on any atom is -0.335 e. The van der Waals surface area contributed by atoms with Crippen LogP contribution in [0.2, 0.25) is 0 Å². The van der Waals surface area contributed by atoms with E-state index in [-0.39, 0.29) is 13.1 Å². The molecule has 1 aliphatic heterocycles. The number of likely N-dealkylation sites (tertiary alicyclic amines) is 1. The van der Waals surface area contributed by atoms with Crippen molar-refractivity contribution in [3.05, 3.63) is 29.8 Å². The third-order valence-electron chi connectivity index (χ3n) is 3.65. The zero-order chi connectivity index (χ0) is 14.8. The molecule has 1 heterocycles. The van der Waals surface area contributed by atoms with Crippen LogP contribution in [0.1, 0.15) is 18.4 Å². The number of rotatable bonds is 2. The summed E-state index contributed by atoms with van der Waals surface area (Å²) in [6.45, 7) is 0.357. The molecule has 1 amide bonds. The normalized spacial score (nSPS) is 17.2. The minimum absolute atomic E-state index is 0.179. The van der Waals surface area contributed by atoms with Gasteiger partial charge in [-0.3, -0.25) is 4.79 Å². The van der Waals surface area contributed by atoms with Gasteiger partial charge in [-0.15, -0.1) is 0 Å². The Balaban J connectivity index is 1.85. The standard InChI is InChI=1S/C14H15BF3NO/c15-12-3-1-10(2-4-12)9-11-5-7-19(8-6-11)13(20)14(16,17)18/h1-4,11H,5-9H2. The fraction of sp³-hybridized carbons (Fsp3) is 0.500. The first-order valence-corrected chi connectivity index (χ1v) is 6.57. The third-order valence-corrected chi connectivity index (χ3v) is 3.65. The van der Waals surface area contributed by atoms with Crippen molar-refractivity contribution in [1.82, 2.24) is 4.90 Å². The summed E-state index contributed by atoms with van der Waals surface area (Å²) in [6.07, 6.45) is -2.74. The number of carbonyl (C=O) groups excluding carboxylic acids is 1. The molecule has 0 atom stereocenters. The molecule has 1 aromatic carbocycles. The first kappa shape index (κ1) is 14.9. The topological polar surface area (TPSA) is 20.3 Å². The summed E-state index contributed by atoms with van der Waals surface area (Å²) in [7, 11) is 5.60. The number of piperidine rings is 1. The molecule has 2 rings (SSSR count). The van der Waals surface area contributed by atoms with E-state index in [4.69, 9.17) is 7.85 Å². The molecule has 2 radical (unpaired) electrons. The number of alkyl halides is 3. The maximum Gasteiger partial charge on any atom is 0.471 e. The molecule has 0 spiro atoms. The molecule has 2 nitrogen and oxygen atoms in total. The van der Waals surface area contributed by atoms with Gasteiger partial charge < -0.3 is 4.90 Å². The molecular formula is C14H15BF3NO. The van der Waals surface area contributed by atoms with Crippen molar-refractivity contribution >= 4 is 19.2 Å². The Morgan fingerprint density at radius 2 is 1.75 bits per heavy atom. The Labute approximate surface area is 117 Å². The van der Waals surface area contributed by atoms with Gasteiger partial charge in [-0.1, -0.05) is 29.7 Å². The minimum atomic E-state index is -4.76. The van der Waals surface area contributed by atoms with E-state index in [1.54, 1.807) is 0 Å². The summed E-state index contributed by atoms with van der Waals surface area (Å²) in [5, 5.41) is 0. The average molecular weight is 281 g/mol. The highest BCUT2D eigenvalue weighted by atomic mass is 19.4. The van der Waals surface area contributed by atoms with Crippen molar-refractivity contribution in [2.24, 2.45) is 5.92 Å². The third kappa shape index (κ3) is 3.77. The van der Waals surface area contributed by atoms with Crippen molar-refractivity contribution in [3.63, 3.8) is 0 Å². The Kier molecular flexibility index (Phi) is 4.40. The van der Waals surface area contributed by atoms with Gasteiger partial charge in [0.1, 0.15) is 7.85 Å². The molecule has 20 heavy (non-hydrogen) atoms. The first-order chi connectivity index (χ1) is 9.36. The van der Waals surface area contributed by atoms with Gasteiger partial charge in [-0.05, 0) is 30.7 Å². The van der Waals surface area contributed by atoms with Crippen LogP contribution in [0.25, 0.3) is 0 Å². The number of hydrogen-bond acceptors (Lipinski definition) is 1. The number of carbonyl (C=O) groups is 1. The molecule has 0 unspecified atom stereocenters. The second-order valence-electron chi connectivity index (χ2n) is 5.18. The lowest BCUT2D eigenvalue weighted by atomic mass is 9.88. The van der Waals surface area contributed by atoms with Crippen molar-refractivity contribution in [1.29, 1.82) is 0 Å². The predicted molar refractivity (Wildman–Crippen MR) is 70.9 cm³/mol. The summed E-state index contributed by atoms with van der Waals surface area (Å²) in [5.41, 5.74) is 1.82. The van der Waals surface area contributed by atoms with Crippen LogP contribution < -0.4 is 5.46 Å². The Morgan fingerprint density at radius 3 is 2.25 bits per heavy atom. The van der Waals surface area contributed by atoms with E-state index >= 15 is 0 Å². The lowest BCUT2D eigenvalue weighted by Gasteiger charge is -2.32. The molecule has 6 heteroatoms.